The van der Waals surface area contributed by atoms with E-state index in [9.17, 15) is 4.79 Å². The number of aromatic nitrogens is 1. The van der Waals surface area contributed by atoms with E-state index in [1.807, 2.05) is 41.3 Å². The second-order valence-electron chi connectivity index (χ2n) is 5.46. The molecule has 0 atom stereocenters. The summed E-state index contributed by atoms with van der Waals surface area (Å²) in [6.07, 6.45) is 5.18. The van der Waals surface area contributed by atoms with Crippen LogP contribution in [0.4, 0.5) is 0 Å². The number of rotatable bonds is 2. The molecule has 1 aliphatic heterocycles. The average Bonchev–Trinajstić information content (AvgIpc) is 2.56. The highest BCUT2D eigenvalue weighted by atomic mass is 35.5. The summed E-state index contributed by atoms with van der Waals surface area (Å²) in [6.45, 7) is 1.46. The molecule has 0 spiro atoms. The largest absolute Gasteiger partial charge is 0.338 e. The molecule has 4 nitrogen and oxygen atoms in total. The number of benzene rings is 1. The van der Waals surface area contributed by atoms with Crippen LogP contribution in [0.3, 0.4) is 0 Å². The molecule has 1 aromatic heterocycles. The van der Waals surface area contributed by atoms with Crippen LogP contribution < -0.4 is 5.73 Å². The van der Waals surface area contributed by atoms with Crippen molar-refractivity contribution in [3.63, 3.8) is 0 Å². The Morgan fingerprint density at radius 1 is 1.04 bits per heavy atom. The van der Waals surface area contributed by atoms with Gasteiger partial charge < -0.3 is 10.6 Å². The fraction of sp³-hybridized carbons (Fsp3) is 0.294. The first-order valence-corrected chi connectivity index (χ1v) is 7.29. The Labute approximate surface area is 148 Å². The molecule has 2 aromatic rings. The van der Waals surface area contributed by atoms with E-state index in [2.05, 4.69) is 4.98 Å². The van der Waals surface area contributed by atoms with Gasteiger partial charge >= 0.3 is 0 Å². The summed E-state index contributed by atoms with van der Waals surface area (Å²) in [5, 5.41) is 0. The molecule has 0 bridgehead atoms. The molecule has 124 valence electrons. The SMILES string of the molecule is Cl.Cl.NC1CCN(C(=O)c2cncc(-c3ccccc3)c2)CC1. The normalized spacial score (nSPS) is 14.6. The summed E-state index contributed by atoms with van der Waals surface area (Å²) in [7, 11) is 0. The molecule has 6 heteroatoms. The molecular weight excluding hydrogens is 333 g/mol. The van der Waals surface area contributed by atoms with Gasteiger partial charge in [-0.2, -0.15) is 0 Å². The van der Waals surface area contributed by atoms with Gasteiger partial charge in [-0.05, 0) is 24.5 Å². The number of hydrogen-bond donors (Lipinski definition) is 1. The second kappa shape index (κ2) is 8.87. The first-order valence-electron chi connectivity index (χ1n) is 7.29. The first-order chi connectivity index (χ1) is 10.2. The summed E-state index contributed by atoms with van der Waals surface area (Å²) in [5.41, 5.74) is 8.57. The molecule has 0 unspecified atom stereocenters. The van der Waals surface area contributed by atoms with Crippen molar-refractivity contribution in [2.45, 2.75) is 18.9 Å². The van der Waals surface area contributed by atoms with Crippen LogP contribution in [-0.2, 0) is 0 Å². The Morgan fingerprint density at radius 2 is 1.70 bits per heavy atom. The van der Waals surface area contributed by atoms with Gasteiger partial charge in [0.2, 0.25) is 0 Å². The van der Waals surface area contributed by atoms with Crippen LogP contribution in [0.2, 0.25) is 0 Å². The lowest BCUT2D eigenvalue weighted by Crippen LogP contribution is -2.42. The summed E-state index contributed by atoms with van der Waals surface area (Å²) >= 11 is 0. The van der Waals surface area contributed by atoms with Crippen molar-refractivity contribution in [1.29, 1.82) is 0 Å². The van der Waals surface area contributed by atoms with Gasteiger partial charge in [-0.3, -0.25) is 9.78 Å². The lowest BCUT2D eigenvalue weighted by molar-refractivity contribution is 0.0714. The Hall–Kier alpha value is -1.62. The molecule has 1 aromatic carbocycles. The van der Waals surface area contributed by atoms with Crippen molar-refractivity contribution < 1.29 is 4.79 Å². The van der Waals surface area contributed by atoms with Gasteiger partial charge in [-0.25, -0.2) is 0 Å². The lowest BCUT2D eigenvalue weighted by Gasteiger charge is -2.30. The van der Waals surface area contributed by atoms with E-state index in [1.54, 1.807) is 12.4 Å². The van der Waals surface area contributed by atoms with Gasteiger partial charge in [-0.15, -0.1) is 24.8 Å². The molecule has 2 heterocycles. The Morgan fingerprint density at radius 3 is 2.35 bits per heavy atom. The van der Waals surface area contributed by atoms with Crippen molar-refractivity contribution in [2.75, 3.05) is 13.1 Å². The number of carbonyl (C=O) groups excluding carboxylic acids is 1. The van der Waals surface area contributed by atoms with Crippen molar-refractivity contribution in [3.05, 3.63) is 54.4 Å². The molecule has 1 amide bonds. The Balaban J connectivity index is 0.00000132. The van der Waals surface area contributed by atoms with E-state index < -0.39 is 0 Å². The quantitative estimate of drug-likeness (QED) is 0.901. The van der Waals surface area contributed by atoms with Crippen LogP contribution in [0.1, 0.15) is 23.2 Å². The summed E-state index contributed by atoms with van der Waals surface area (Å²) in [6, 6.07) is 12.1. The maximum atomic E-state index is 12.5. The van der Waals surface area contributed by atoms with Gasteiger partial charge in [0, 0.05) is 37.1 Å². The smallest absolute Gasteiger partial charge is 0.255 e. The molecule has 1 fully saturated rings. The van der Waals surface area contributed by atoms with Crippen LogP contribution in [0.5, 0.6) is 0 Å². The third-order valence-corrected chi connectivity index (χ3v) is 3.92. The highest BCUT2D eigenvalue weighted by Gasteiger charge is 2.22. The van der Waals surface area contributed by atoms with Gasteiger partial charge in [0.1, 0.15) is 0 Å². The minimum Gasteiger partial charge on any atom is -0.338 e. The number of carbonyl (C=O) groups is 1. The third-order valence-electron chi connectivity index (χ3n) is 3.92. The molecule has 0 radical (unpaired) electrons. The van der Waals surface area contributed by atoms with Crippen LogP contribution in [0, 0.1) is 0 Å². The fourth-order valence-corrected chi connectivity index (χ4v) is 2.63. The number of halogens is 2. The minimum atomic E-state index is 0. The van der Waals surface area contributed by atoms with Gasteiger partial charge in [0.15, 0.2) is 0 Å². The molecule has 0 saturated carbocycles. The summed E-state index contributed by atoms with van der Waals surface area (Å²) in [5.74, 6) is 0.0483. The van der Waals surface area contributed by atoms with E-state index >= 15 is 0 Å². The average molecular weight is 354 g/mol. The lowest BCUT2D eigenvalue weighted by atomic mass is 10.0. The van der Waals surface area contributed by atoms with Crippen molar-refractivity contribution in [2.24, 2.45) is 5.73 Å². The van der Waals surface area contributed by atoms with Crippen molar-refractivity contribution >= 4 is 30.7 Å². The maximum absolute atomic E-state index is 12.5. The second-order valence-corrected chi connectivity index (χ2v) is 5.46. The monoisotopic (exact) mass is 353 g/mol. The zero-order valence-corrected chi connectivity index (χ0v) is 14.4. The predicted molar refractivity (Wildman–Crippen MR) is 97.3 cm³/mol. The van der Waals surface area contributed by atoms with Crippen molar-refractivity contribution in [1.82, 2.24) is 9.88 Å². The minimum absolute atomic E-state index is 0. The maximum Gasteiger partial charge on any atom is 0.255 e. The van der Waals surface area contributed by atoms with E-state index in [-0.39, 0.29) is 36.8 Å². The van der Waals surface area contributed by atoms with Crippen LogP contribution >= 0.6 is 24.8 Å². The number of pyridine rings is 1. The first kappa shape index (κ1) is 19.4. The molecule has 0 aliphatic carbocycles. The van der Waals surface area contributed by atoms with Gasteiger partial charge in [0.25, 0.3) is 5.91 Å². The van der Waals surface area contributed by atoms with E-state index in [1.165, 1.54) is 0 Å². The van der Waals surface area contributed by atoms with E-state index in [0.29, 0.717) is 5.56 Å². The number of amides is 1. The van der Waals surface area contributed by atoms with Crippen LogP contribution in [0.25, 0.3) is 11.1 Å². The molecule has 3 rings (SSSR count). The predicted octanol–water partition coefficient (Wildman–Crippen LogP) is 3.16. The highest BCUT2D eigenvalue weighted by Crippen LogP contribution is 2.20. The summed E-state index contributed by atoms with van der Waals surface area (Å²) in [4.78, 5) is 18.6. The van der Waals surface area contributed by atoms with Crippen molar-refractivity contribution in [3.8, 4) is 11.1 Å². The topological polar surface area (TPSA) is 59.2 Å². The van der Waals surface area contributed by atoms with E-state index in [4.69, 9.17) is 5.73 Å². The highest BCUT2D eigenvalue weighted by molar-refractivity contribution is 5.95. The number of hydrogen-bond acceptors (Lipinski definition) is 3. The number of likely N-dealkylation sites (tertiary alicyclic amines) is 1. The summed E-state index contributed by atoms with van der Waals surface area (Å²) < 4.78 is 0. The zero-order valence-electron chi connectivity index (χ0n) is 12.7. The molecule has 1 saturated heterocycles. The van der Waals surface area contributed by atoms with Gasteiger partial charge in [-0.1, -0.05) is 30.3 Å². The van der Waals surface area contributed by atoms with E-state index in [0.717, 1.165) is 37.1 Å². The molecule has 23 heavy (non-hydrogen) atoms. The molecule has 1 aliphatic rings. The number of nitrogens with two attached hydrogens (primary N) is 1. The number of piperidine rings is 1. The van der Waals surface area contributed by atoms with Crippen LogP contribution in [-0.4, -0.2) is 34.9 Å². The Kier molecular flexibility index (Phi) is 7.49. The molecule has 2 N–H and O–H groups in total. The standard InChI is InChI=1S/C17H19N3O.2ClH/c18-16-6-8-20(9-7-16)17(21)15-10-14(11-19-12-15)13-4-2-1-3-5-13;;/h1-5,10-12,16H,6-9,18H2;2*1H. The number of nitrogens with zero attached hydrogens (tertiary/aromatic N) is 2. The molecular formula is C17H21Cl2N3O. The van der Waals surface area contributed by atoms with Crippen LogP contribution in [0.15, 0.2) is 48.8 Å². The van der Waals surface area contributed by atoms with Gasteiger partial charge in [0.05, 0.1) is 5.56 Å². The fourth-order valence-electron chi connectivity index (χ4n) is 2.63. The third kappa shape index (κ3) is 4.67. The Bertz CT molecular complexity index is 629. The zero-order chi connectivity index (χ0) is 14.7.